The molecule has 5 heteroatoms. The van der Waals surface area contributed by atoms with Crippen molar-refractivity contribution < 1.29 is 14.2 Å². The maximum absolute atomic E-state index is 11.8. The Labute approximate surface area is 150 Å². The highest BCUT2D eigenvalue weighted by atomic mass is 31.2. The zero-order chi connectivity index (χ0) is 18.3. The Balaban J connectivity index is 1.96. The predicted molar refractivity (Wildman–Crippen MR) is 103 cm³/mol. The van der Waals surface area contributed by atoms with Gasteiger partial charge in [0, 0.05) is 19.6 Å². The minimum absolute atomic E-state index is 0.138. The molecule has 0 aromatic heterocycles. The molecule has 0 saturated carbocycles. The molecule has 2 aromatic carbocycles. The molecule has 0 saturated heterocycles. The van der Waals surface area contributed by atoms with Crippen molar-refractivity contribution in [3.05, 3.63) is 60.2 Å². The van der Waals surface area contributed by atoms with Crippen molar-refractivity contribution in [1.82, 2.24) is 5.06 Å². The lowest BCUT2D eigenvalue weighted by atomic mass is 10.0. The van der Waals surface area contributed by atoms with Gasteiger partial charge in [0.1, 0.15) is 6.61 Å². The fourth-order valence-electron chi connectivity index (χ4n) is 2.53. The summed E-state index contributed by atoms with van der Waals surface area (Å²) in [6.45, 7) is 5.80. The summed E-state index contributed by atoms with van der Waals surface area (Å²) in [7, 11) is -2.06. The number of nitrogens with zero attached hydrogens (tertiary/aromatic N) is 1. The number of carbonyl (C=O) groups is 1. The predicted octanol–water partition coefficient (Wildman–Crippen LogP) is 4.65. The van der Waals surface area contributed by atoms with Crippen molar-refractivity contribution in [3.8, 4) is 11.1 Å². The largest absolute Gasteiger partial charge is 0.324 e. The van der Waals surface area contributed by atoms with Gasteiger partial charge in [-0.2, -0.15) is 0 Å². The molecule has 134 valence electrons. The van der Waals surface area contributed by atoms with Crippen molar-refractivity contribution in [3.63, 3.8) is 0 Å². The maximum Gasteiger partial charge on any atom is 0.243 e. The molecule has 0 unspecified atom stereocenters. The standard InChI is InChI=1S/C20H26NO3P/c1-17(22)21(13-8-14-25(2,3)23)24-16-18-9-7-12-20(15-18)19-10-5-4-6-11-19/h4-7,9-12,15H,8,13-14,16H2,1-3H3. The van der Waals surface area contributed by atoms with Crippen LogP contribution in [0, 0.1) is 0 Å². The van der Waals surface area contributed by atoms with Gasteiger partial charge < -0.3 is 4.57 Å². The molecule has 0 spiro atoms. The van der Waals surface area contributed by atoms with Crippen molar-refractivity contribution >= 4 is 13.0 Å². The lowest BCUT2D eigenvalue weighted by Gasteiger charge is -2.21. The highest BCUT2D eigenvalue weighted by molar-refractivity contribution is 7.62. The van der Waals surface area contributed by atoms with E-state index in [9.17, 15) is 9.36 Å². The Kier molecular flexibility index (Phi) is 6.98. The van der Waals surface area contributed by atoms with E-state index < -0.39 is 7.14 Å². The van der Waals surface area contributed by atoms with Crippen molar-refractivity contribution in [2.24, 2.45) is 0 Å². The molecule has 1 amide bonds. The van der Waals surface area contributed by atoms with E-state index in [1.54, 1.807) is 13.3 Å². The summed E-state index contributed by atoms with van der Waals surface area (Å²) < 4.78 is 11.8. The Morgan fingerprint density at radius 3 is 2.36 bits per heavy atom. The molecule has 0 atom stereocenters. The quantitative estimate of drug-likeness (QED) is 0.509. The van der Waals surface area contributed by atoms with E-state index in [0.29, 0.717) is 25.7 Å². The normalized spacial score (nSPS) is 11.3. The summed E-state index contributed by atoms with van der Waals surface area (Å²) in [5.41, 5.74) is 3.27. The van der Waals surface area contributed by atoms with Gasteiger partial charge in [0.15, 0.2) is 0 Å². The number of rotatable bonds is 8. The molecule has 0 radical (unpaired) electrons. The number of amides is 1. The third-order valence-electron chi connectivity index (χ3n) is 3.83. The molecule has 0 heterocycles. The summed E-state index contributed by atoms with van der Waals surface area (Å²) >= 11 is 0. The molecule has 25 heavy (non-hydrogen) atoms. The molecule has 0 aliphatic carbocycles. The number of hydrogen-bond donors (Lipinski definition) is 0. The molecule has 2 rings (SSSR count). The number of carbonyl (C=O) groups excluding carboxylic acids is 1. The van der Waals surface area contributed by atoms with Crippen LogP contribution in [0.5, 0.6) is 0 Å². The van der Waals surface area contributed by atoms with Crippen LogP contribution in [0.25, 0.3) is 11.1 Å². The molecule has 0 fully saturated rings. The summed E-state index contributed by atoms with van der Waals surface area (Å²) in [4.78, 5) is 17.4. The summed E-state index contributed by atoms with van der Waals surface area (Å²) in [5, 5.41) is 1.37. The van der Waals surface area contributed by atoms with Crippen LogP contribution in [0.3, 0.4) is 0 Å². The first-order valence-electron chi connectivity index (χ1n) is 8.44. The van der Waals surface area contributed by atoms with Gasteiger partial charge in [0.25, 0.3) is 0 Å². The number of hydrogen-bond acceptors (Lipinski definition) is 3. The fraction of sp³-hybridized carbons (Fsp3) is 0.350. The molecule has 0 bridgehead atoms. The second-order valence-corrected chi connectivity index (χ2v) is 10.2. The van der Waals surface area contributed by atoms with E-state index in [4.69, 9.17) is 4.84 Å². The molecule has 0 aliphatic heterocycles. The molecule has 2 aromatic rings. The molecule has 4 nitrogen and oxygen atoms in total. The first-order valence-corrected chi connectivity index (χ1v) is 11.2. The Hall–Kier alpha value is -1.90. The van der Waals surface area contributed by atoms with Crippen LogP contribution in [0.2, 0.25) is 0 Å². The Bertz CT molecular complexity index is 740. The molecular weight excluding hydrogens is 333 g/mol. The van der Waals surface area contributed by atoms with Gasteiger partial charge >= 0.3 is 0 Å². The van der Waals surface area contributed by atoms with Gasteiger partial charge in [-0.25, -0.2) is 5.06 Å². The minimum Gasteiger partial charge on any atom is -0.324 e. The monoisotopic (exact) mass is 359 g/mol. The van der Waals surface area contributed by atoms with Crippen LogP contribution >= 0.6 is 7.14 Å². The number of benzene rings is 2. The lowest BCUT2D eigenvalue weighted by Crippen LogP contribution is -2.30. The van der Waals surface area contributed by atoms with Crippen molar-refractivity contribution in [2.75, 3.05) is 26.0 Å². The van der Waals surface area contributed by atoms with Crippen LogP contribution in [0.1, 0.15) is 18.9 Å². The zero-order valence-corrected chi connectivity index (χ0v) is 16.0. The van der Waals surface area contributed by atoms with E-state index in [-0.39, 0.29) is 5.91 Å². The smallest absolute Gasteiger partial charge is 0.243 e. The van der Waals surface area contributed by atoms with Crippen LogP contribution in [0.15, 0.2) is 54.6 Å². The Morgan fingerprint density at radius 1 is 1.04 bits per heavy atom. The lowest BCUT2D eigenvalue weighted by molar-refractivity contribution is -0.189. The second kappa shape index (κ2) is 8.98. The topological polar surface area (TPSA) is 46.6 Å². The first-order chi connectivity index (χ1) is 11.8. The van der Waals surface area contributed by atoms with Crippen molar-refractivity contribution in [2.45, 2.75) is 20.0 Å². The summed E-state index contributed by atoms with van der Waals surface area (Å²) in [6.07, 6.45) is 1.29. The van der Waals surface area contributed by atoms with Gasteiger partial charge in [-0.15, -0.1) is 0 Å². The highest BCUT2D eigenvalue weighted by Gasteiger charge is 2.13. The van der Waals surface area contributed by atoms with E-state index in [1.807, 2.05) is 30.3 Å². The van der Waals surface area contributed by atoms with E-state index in [1.165, 1.54) is 12.0 Å². The third kappa shape index (κ3) is 6.85. The highest BCUT2D eigenvalue weighted by Crippen LogP contribution is 2.36. The van der Waals surface area contributed by atoms with E-state index in [0.717, 1.165) is 16.7 Å². The van der Waals surface area contributed by atoms with Gasteiger partial charge in [0.05, 0.1) is 7.14 Å². The van der Waals surface area contributed by atoms with Crippen LogP contribution in [-0.2, 0) is 20.8 Å². The van der Waals surface area contributed by atoms with Gasteiger partial charge in [0.2, 0.25) is 5.91 Å². The summed E-state index contributed by atoms with van der Waals surface area (Å²) in [5.74, 6) is -0.138. The molecular formula is C20H26NO3P. The first kappa shape index (κ1) is 19.4. The van der Waals surface area contributed by atoms with Gasteiger partial charge in [-0.3, -0.25) is 9.63 Å². The van der Waals surface area contributed by atoms with Crippen molar-refractivity contribution in [1.29, 1.82) is 0 Å². The zero-order valence-electron chi connectivity index (χ0n) is 15.1. The van der Waals surface area contributed by atoms with Crippen LogP contribution in [0.4, 0.5) is 0 Å². The van der Waals surface area contributed by atoms with Crippen LogP contribution < -0.4 is 0 Å². The summed E-state index contributed by atoms with van der Waals surface area (Å²) in [6, 6.07) is 18.2. The maximum atomic E-state index is 11.8. The van der Waals surface area contributed by atoms with Gasteiger partial charge in [-0.05, 0) is 42.5 Å². The average Bonchev–Trinajstić information content (AvgIpc) is 2.57. The number of hydroxylamine groups is 2. The van der Waals surface area contributed by atoms with Crippen LogP contribution in [-0.4, -0.2) is 37.0 Å². The fourth-order valence-corrected chi connectivity index (χ4v) is 3.43. The average molecular weight is 359 g/mol. The van der Waals surface area contributed by atoms with E-state index >= 15 is 0 Å². The Morgan fingerprint density at radius 2 is 1.72 bits per heavy atom. The third-order valence-corrected chi connectivity index (χ3v) is 5.22. The van der Waals surface area contributed by atoms with E-state index in [2.05, 4.69) is 24.3 Å². The molecule has 0 aliphatic rings. The second-order valence-electron chi connectivity index (χ2n) is 6.61. The minimum atomic E-state index is -2.06. The van der Waals surface area contributed by atoms with Gasteiger partial charge in [-0.1, -0.05) is 48.5 Å². The molecule has 0 N–H and O–H groups in total. The SMILES string of the molecule is CC(=O)N(CCCP(C)(C)=O)OCc1cccc(-c2ccccc2)c1.